The first-order chi connectivity index (χ1) is 8.65. The minimum absolute atomic E-state index is 0.153. The lowest BCUT2D eigenvalue weighted by Crippen LogP contribution is -2.53. The number of ether oxygens (including phenoxy) is 2. The molecule has 5 heteroatoms. The van der Waals surface area contributed by atoms with Crippen molar-refractivity contribution in [1.82, 2.24) is 5.32 Å². The quantitative estimate of drug-likeness (QED) is 0.773. The molecule has 1 fully saturated rings. The van der Waals surface area contributed by atoms with Gasteiger partial charge in [-0.3, -0.25) is 0 Å². The Balaban J connectivity index is 2.50. The number of amides is 1. The average molecular weight is 271 g/mol. The van der Waals surface area contributed by atoms with Gasteiger partial charge < -0.3 is 19.9 Å². The Labute approximate surface area is 115 Å². The number of nitrogens with one attached hydrogen (secondary N) is 1. The summed E-state index contributed by atoms with van der Waals surface area (Å²) in [4.78, 5) is 11.7. The second kappa shape index (κ2) is 5.92. The van der Waals surface area contributed by atoms with Gasteiger partial charge in [-0.1, -0.05) is 6.08 Å². The van der Waals surface area contributed by atoms with Gasteiger partial charge in [0.1, 0.15) is 5.60 Å². The Morgan fingerprint density at radius 2 is 2.26 bits per heavy atom. The van der Waals surface area contributed by atoms with Gasteiger partial charge in [0.2, 0.25) is 0 Å². The number of hydrogen-bond donors (Lipinski definition) is 2. The molecule has 1 amide bonds. The highest BCUT2D eigenvalue weighted by molar-refractivity contribution is 5.68. The number of hydrogen-bond acceptors (Lipinski definition) is 4. The zero-order valence-electron chi connectivity index (χ0n) is 12.2. The van der Waals surface area contributed by atoms with Gasteiger partial charge in [0.15, 0.2) is 5.79 Å². The third kappa shape index (κ3) is 5.20. The van der Waals surface area contributed by atoms with E-state index in [4.69, 9.17) is 9.47 Å². The summed E-state index contributed by atoms with van der Waals surface area (Å²) < 4.78 is 10.8. The molecule has 1 aliphatic heterocycles. The van der Waals surface area contributed by atoms with E-state index in [9.17, 15) is 9.90 Å². The molecule has 1 rings (SSSR count). The summed E-state index contributed by atoms with van der Waals surface area (Å²) in [6.45, 7) is 10.9. The molecular weight excluding hydrogens is 246 g/mol. The van der Waals surface area contributed by atoms with E-state index in [0.717, 1.165) is 0 Å². The lowest BCUT2D eigenvalue weighted by atomic mass is 9.95. The van der Waals surface area contributed by atoms with E-state index in [1.165, 1.54) is 0 Å². The van der Waals surface area contributed by atoms with Crippen molar-refractivity contribution in [2.45, 2.75) is 70.5 Å². The number of alkyl carbamates (subject to hydrolysis) is 1. The van der Waals surface area contributed by atoms with E-state index in [1.807, 2.05) is 27.7 Å². The summed E-state index contributed by atoms with van der Waals surface area (Å²) in [7, 11) is 0. The average Bonchev–Trinajstić information content (AvgIpc) is 2.20. The van der Waals surface area contributed by atoms with Crippen LogP contribution in [-0.4, -0.2) is 34.7 Å². The fraction of sp³-hybridized carbons (Fsp3) is 0.786. The van der Waals surface area contributed by atoms with Crippen molar-refractivity contribution in [1.29, 1.82) is 0 Å². The second-order valence-corrected chi connectivity index (χ2v) is 6.05. The smallest absolute Gasteiger partial charge is 0.407 e. The van der Waals surface area contributed by atoms with Gasteiger partial charge in [0, 0.05) is 12.8 Å². The first kappa shape index (κ1) is 16.0. The summed E-state index contributed by atoms with van der Waals surface area (Å²) in [6.07, 6.45) is 2.40. The van der Waals surface area contributed by atoms with E-state index in [2.05, 4.69) is 11.9 Å². The molecule has 0 aliphatic carbocycles. The number of aliphatic hydroxyl groups is 1. The van der Waals surface area contributed by atoms with Gasteiger partial charge in [0.25, 0.3) is 0 Å². The Bertz CT molecular complexity index is 337. The third-order valence-electron chi connectivity index (χ3n) is 2.98. The van der Waals surface area contributed by atoms with Crippen LogP contribution >= 0.6 is 0 Å². The molecule has 1 heterocycles. The topological polar surface area (TPSA) is 67.8 Å². The van der Waals surface area contributed by atoms with Crippen LogP contribution in [0.5, 0.6) is 0 Å². The van der Waals surface area contributed by atoms with Gasteiger partial charge in [-0.15, -0.1) is 6.58 Å². The molecule has 2 N–H and O–H groups in total. The molecule has 0 saturated carbocycles. The van der Waals surface area contributed by atoms with Gasteiger partial charge in [-0.05, 0) is 34.1 Å². The minimum Gasteiger partial charge on any atom is -0.444 e. The first-order valence-corrected chi connectivity index (χ1v) is 6.66. The van der Waals surface area contributed by atoms with Crippen LogP contribution in [0.2, 0.25) is 0 Å². The molecule has 0 spiro atoms. The Kier molecular flexibility index (Phi) is 4.98. The SMILES string of the molecule is C=CCC1(O)CC[C@@H](NC(=O)OC(C)(C)C)[C@@H](C)O1. The molecule has 5 nitrogen and oxygen atoms in total. The summed E-state index contributed by atoms with van der Waals surface area (Å²) in [5.41, 5.74) is -0.521. The standard InChI is InChI=1S/C14H25NO4/c1-6-8-14(17)9-7-11(10(2)18-14)15-12(16)19-13(3,4)5/h6,10-11,17H,1,7-9H2,2-5H3,(H,15,16)/t10-,11-,14?/m1/s1. The Hall–Kier alpha value is -1.07. The Morgan fingerprint density at radius 3 is 2.74 bits per heavy atom. The second-order valence-electron chi connectivity index (χ2n) is 6.05. The highest BCUT2D eigenvalue weighted by Crippen LogP contribution is 2.29. The van der Waals surface area contributed by atoms with Crippen LogP contribution in [0.1, 0.15) is 47.0 Å². The lowest BCUT2D eigenvalue weighted by Gasteiger charge is -2.40. The molecule has 0 bridgehead atoms. The van der Waals surface area contributed by atoms with Crippen molar-refractivity contribution in [3.8, 4) is 0 Å². The summed E-state index contributed by atoms with van der Waals surface area (Å²) in [5, 5.41) is 12.9. The minimum atomic E-state index is -1.16. The van der Waals surface area contributed by atoms with Gasteiger partial charge >= 0.3 is 6.09 Å². The predicted molar refractivity (Wildman–Crippen MR) is 72.7 cm³/mol. The van der Waals surface area contributed by atoms with Crippen molar-refractivity contribution in [2.75, 3.05) is 0 Å². The molecule has 0 aromatic heterocycles. The van der Waals surface area contributed by atoms with Crippen molar-refractivity contribution >= 4 is 6.09 Å². The monoisotopic (exact) mass is 271 g/mol. The largest absolute Gasteiger partial charge is 0.444 e. The molecule has 3 atom stereocenters. The molecule has 0 aromatic carbocycles. The number of carbonyl (C=O) groups excluding carboxylic acids is 1. The van der Waals surface area contributed by atoms with Gasteiger partial charge in [-0.2, -0.15) is 0 Å². The zero-order valence-corrected chi connectivity index (χ0v) is 12.2. The maximum Gasteiger partial charge on any atom is 0.407 e. The van der Waals surface area contributed by atoms with Crippen molar-refractivity contribution < 1.29 is 19.4 Å². The van der Waals surface area contributed by atoms with E-state index < -0.39 is 17.5 Å². The highest BCUT2D eigenvalue weighted by atomic mass is 16.6. The summed E-state index contributed by atoms with van der Waals surface area (Å²) in [6, 6.07) is -0.153. The molecule has 110 valence electrons. The number of carbonyl (C=O) groups is 1. The molecule has 1 aliphatic rings. The maximum atomic E-state index is 11.7. The van der Waals surface area contributed by atoms with Crippen LogP contribution in [0.25, 0.3) is 0 Å². The fourth-order valence-corrected chi connectivity index (χ4v) is 2.13. The number of rotatable bonds is 3. The van der Waals surface area contributed by atoms with Crippen molar-refractivity contribution in [2.24, 2.45) is 0 Å². The van der Waals surface area contributed by atoms with Gasteiger partial charge in [-0.25, -0.2) is 4.79 Å². The summed E-state index contributed by atoms with van der Waals surface area (Å²) in [5.74, 6) is -1.16. The zero-order chi connectivity index (χ0) is 14.7. The van der Waals surface area contributed by atoms with Crippen molar-refractivity contribution in [3.63, 3.8) is 0 Å². The van der Waals surface area contributed by atoms with Crippen LogP contribution in [0.4, 0.5) is 4.79 Å². The van der Waals surface area contributed by atoms with E-state index in [0.29, 0.717) is 19.3 Å². The van der Waals surface area contributed by atoms with Crippen molar-refractivity contribution in [3.05, 3.63) is 12.7 Å². The van der Waals surface area contributed by atoms with Crippen LogP contribution in [0.15, 0.2) is 12.7 Å². The molecule has 0 aromatic rings. The molecule has 19 heavy (non-hydrogen) atoms. The van der Waals surface area contributed by atoms with Crippen LogP contribution in [0.3, 0.4) is 0 Å². The molecule has 0 radical (unpaired) electrons. The Morgan fingerprint density at radius 1 is 1.63 bits per heavy atom. The van der Waals surface area contributed by atoms with E-state index >= 15 is 0 Å². The summed E-state index contributed by atoms with van der Waals surface area (Å²) >= 11 is 0. The molecular formula is C14H25NO4. The first-order valence-electron chi connectivity index (χ1n) is 6.66. The maximum absolute atomic E-state index is 11.7. The lowest BCUT2D eigenvalue weighted by molar-refractivity contribution is -0.253. The highest BCUT2D eigenvalue weighted by Gasteiger charge is 2.38. The van der Waals surface area contributed by atoms with Crippen LogP contribution in [-0.2, 0) is 9.47 Å². The van der Waals surface area contributed by atoms with E-state index in [-0.39, 0.29) is 12.1 Å². The van der Waals surface area contributed by atoms with E-state index in [1.54, 1.807) is 6.08 Å². The fourth-order valence-electron chi connectivity index (χ4n) is 2.13. The predicted octanol–water partition coefficient (Wildman–Crippen LogP) is 2.34. The van der Waals surface area contributed by atoms with Gasteiger partial charge in [0.05, 0.1) is 12.1 Å². The van der Waals surface area contributed by atoms with Crippen LogP contribution in [0, 0.1) is 0 Å². The molecule has 1 saturated heterocycles. The normalized spacial score (nSPS) is 31.6. The third-order valence-corrected chi connectivity index (χ3v) is 2.98. The van der Waals surface area contributed by atoms with Crippen LogP contribution < -0.4 is 5.32 Å². The molecule has 1 unspecified atom stereocenters.